The van der Waals surface area contributed by atoms with E-state index in [1.54, 1.807) is 24.2 Å². The van der Waals surface area contributed by atoms with Crippen LogP contribution in [0.2, 0.25) is 0 Å². The average Bonchev–Trinajstić information content (AvgIpc) is 3.77. The largest absolute Gasteiger partial charge is 0.452 e. The van der Waals surface area contributed by atoms with Crippen molar-refractivity contribution in [1.29, 1.82) is 0 Å². The van der Waals surface area contributed by atoms with Gasteiger partial charge in [-0.3, -0.25) is 19.9 Å². The summed E-state index contributed by atoms with van der Waals surface area (Å²) in [4.78, 5) is 24.4. The number of aromatic nitrogens is 4. The molecule has 0 fully saturated rings. The Labute approximate surface area is 380 Å². The predicted octanol–water partition coefficient (Wildman–Crippen LogP) is 14.5. The van der Waals surface area contributed by atoms with E-state index in [2.05, 4.69) is 175 Å². The maximum absolute atomic E-state index is 7.18. The van der Waals surface area contributed by atoms with Crippen molar-refractivity contribution in [3.05, 3.63) is 222 Å². The maximum atomic E-state index is 7.18. The molecule has 3 aromatic heterocycles. The van der Waals surface area contributed by atoms with Gasteiger partial charge in [-0.1, -0.05) is 129 Å². The van der Waals surface area contributed by atoms with Gasteiger partial charge in [-0.15, -0.1) is 0 Å². The van der Waals surface area contributed by atoms with Crippen molar-refractivity contribution in [3.8, 4) is 56.3 Å². The van der Waals surface area contributed by atoms with Crippen LogP contribution in [0, 0.1) is 0 Å². The summed E-state index contributed by atoms with van der Waals surface area (Å²) in [5.41, 5.74) is 19.9. The number of para-hydroxylation sites is 3. The molecule has 5 heterocycles. The van der Waals surface area contributed by atoms with Crippen LogP contribution in [-0.2, 0) is 10.8 Å². The number of anilines is 3. The first-order valence-corrected chi connectivity index (χ1v) is 22.8. The van der Waals surface area contributed by atoms with Crippen LogP contribution in [0.15, 0.2) is 198 Å². The van der Waals surface area contributed by atoms with Crippen molar-refractivity contribution in [1.82, 2.24) is 19.9 Å². The molecule has 0 saturated heterocycles. The maximum Gasteiger partial charge on any atom is 0.165 e. The number of ether oxygens (including phenoxy) is 1. The highest BCUT2D eigenvalue weighted by Crippen LogP contribution is 2.66. The summed E-state index contributed by atoms with van der Waals surface area (Å²) in [5.74, 6) is 1.66. The van der Waals surface area contributed by atoms with Gasteiger partial charge in [0.1, 0.15) is 0 Å². The molecule has 0 radical (unpaired) electrons. The second-order valence-electron chi connectivity index (χ2n) is 17.8. The minimum absolute atomic E-state index is 0.0884. The summed E-state index contributed by atoms with van der Waals surface area (Å²) in [7, 11) is 0. The van der Waals surface area contributed by atoms with Crippen LogP contribution in [-0.4, -0.2) is 19.9 Å². The molecule has 1 unspecified atom stereocenters. The second-order valence-corrected chi connectivity index (χ2v) is 18.8. The summed E-state index contributed by atoms with van der Waals surface area (Å²) in [5, 5.41) is 0. The lowest BCUT2D eigenvalue weighted by atomic mass is 9.67. The van der Waals surface area contributed by atoms with Gasteiger partial charge in [-0.05, 0) is 111 Å². The Hall–Kier alpha value is -7.87. The van der Waals surface area contributed by atoms with Crippen LogP contribution < -0.4 is 9.64 Å². The lowest BCUT2D eigenvalue weighted by Gasteiger charge is -2.42. The summed E-state index contributed by atoms with van der Waals surface area (Å²) < 4.78 is 7.18. The van der Waals surface area contributed by atoms with Crippen molar-refractivity contribution in [3.63, 3.8) is 0 Å². The molecule has 0 N–H and O–H groups in total. The lowest BCUT2D eigenvalue weighted by molar-refractivity contribution is 0.461. The van der Waals surface area contributed by atoms with E-state index in [0.717, 1.165) is 94.8 Å². The summed E-state index contributed by atoms with van der Waals surface area (Å²) in [6.07, 6.45) is 7.39. The summed E-state index contributed by atoms with van der Waals surface area (Å²) in [6.45, 7) is 4.67. The third-order valence-electron chi connectivity index (χ3n) is 14.1. The quantitative estimate of drug-likeness (QED) is 0.175. The second kappa shape index (κ2) is 13.3. The number of nitrogens with zero attached hydrogens (tertiary/aromatic N) is 5. The number of benzene rings is 7. The fourth-order valence-corrected chi connectivity index (χ4v) is 12.5. The third-order valence-corrected chi connectivity index (χ3v) is 15.3. The molecule has 0 saturated carbocycles. The molecule has 6 nitrogen and oxygen atoms in total. The van der Waals surface area contributed by atoms with Crippen molar-refractivity contribution in [2.45, 2.75) is 34.5 Å². The Kier molecular flexibility index (Phi) is 7.50. The van der Waals surface area contributed by atoms with Crippen molar-refractivity contribution in [2.75, 3.05) is 4.90 Å². The van der Waals surface area contributed by atoms with Gasteiger partial charge in [0.25, 0.3) is 0 Å². The number of pyridine rings is 2. The molecule has 4 aliphatic rings. The van der Waals surface area contributed by atoms with Gasteiger partial charge in [0.05, 0.1) is 44.1 Å². The van der Waals surface area contributed by atoms with Gasteiger partial charge in [-0.2, -0.15) is 0 Å². The number of hydrogen-bond donors (Lipinski definition) is 0. The van der Waals surface area contributed by atoms with Gasteiger partial charge in [0.15, 0.2) is 11.5 Å². The van der Waals surface area contributed by atoms with Crippen LogP contribution in [0.3, 0.4) is 0 Å². The highest BCUT2D eigenvalue weighted by Gasteiger charge is 2.53. The molecule has 1 spiro atoms. The zero-order chi connectivity index (χ0) is 43.0. The standard InChI is InChI=1S/C58H37N5OS/c1-57(2)41-16-4-3-14-39(41)40-32-37(23-24-42(40)57)63-48-20-6-7-21-50(48)64-55-49(63)26-25-45-56(55)65-51-22-8-5-17-43(51)58(45)44-18-11-27-60-53(44)54-46(58)31-36(33-62-54)34-12-9-13-35(30-34)38-15-10-19-47-52(38)61-29-28-59-47/h3-33H,1-2H3. The van der Waals surface area contributed by atoms with Crippen LogP contribution in [0.4, 0.5) is 17.1 Å². The SMILES string of the molecule is CC1(C)c2ccccc2-c2cc(N3c4ccccc4Oc4c3ccc3c4Sc4ccccc4C34c3cccnc3-c3ncc(-c5cccc(-c6cccc7nccnc67)c5)cc34)ccc21. The Morgan fingerprint density at radius 1 is 0.492 bits per heavy atom. The van der Waals surface area contributed by atoms with Gasteiger partial charge >= 0.3 is 0 Å². The van der Waals surface area contributed by atoms with E-state index in [4.69, 9.17) is 19.7 Å². The van der Waals surface area contributed by atoms with Gasteiger partial charge in [0.2, 0.25) is 0 Å². The zero-order valence-electron chi connectivity index (χ0n) is 35.5. The Balaban J connectivity index is 0.985. The molecule has 1 atom stereocenters. The Morgan fingerprint density at radius 3 is 2.20 bits per heavy atom. The number of fused-ring (bicyclic) bond motifs is 16. The average molecular weight is 852 g/mol. The first-order valence-electron chi connectivity index (χ1n) is 22.0. The van der Waals surface area contributed by atoms with Crippen molar-refractivity contribution >= 4 is 39.9 Å². The van der Waals surface area contributed by atoms with Gasteiger partial charge in [0, 0.05) is 57.5 Å². The summed E-state index contributed by atoms with van der Waals surface area (Å²) in [6, 6.07) is 59.2. The number of rotatable bonds is 3. The molecule has 0 amide bonds. The number of hydrogen-bond acceptors (Lipinski definition) is 7. The van der Waals surface area contributed by atoms with Gasteiger partial charge < -0.3 is 9.64 Å². The van der Waals surface area contributed by atoms with Crippen molar-refractivity contribution in [2.24, 2.45) is 0 Å². The van der Waals surface area contributed by atoms with E-state index in [0.29, 0.717) is 0 Å². The van der Waals surface area contributed by atoms with E-state index in [-0.39, 0.29) is 5.41 Å². The Bertz CT molecular complexity index is 3690. The molecular formula is C58H37N5OS. The van der Waals surface area contributed by atoms with E-state index >= 15 is 0 Å². The fraction of sp³-hybridized carbons (Fsp3) is 0.0690. The fourth-order valence-electron chi connectivity index (χ4n) is 11.2. The van der Waals surface area contributed by atoms with Crippen LogP contribution in [0.5, 0.6) is 11.5 Å². The molecule has 14 rings (SSSR count). The highest BCUT2D eigenvalue weighted by molar-refractivity contribution is 7.99. The minimum atomic E-state index is -0.731. The monoisotopic (exact) mass is 851 g/mol. The lowest BCUT2D eigenvalue weighted by Crippen LogP contribution is -2.32. The zero-order valence-corrected chi connectivity index (χ0v) is 36.3. The van der Waals surface area contributed by atoms with E-state index in [1.807, 2.05) is 24.5 Å². The van der Waals surface area contributed by atoms with Crippen LogP contribution >= 0.6 is 11.8 Å². The predicted molar refractivity (Wildman–Crippen MR) is 260 cm³/mol. The molecule has 0 bridgehead atoms. The summed E-state index contributed by atoms with van der Waals surface area (Å²) >= 11 is 1.79. The first kappa shape index (κ1) is 36.6. The van der Waals surface area contributed by atoms with E-state index in [1.165, 1.54) is 32.7 Å². The molecule has 7 heteroatoms. The Morgan fingerprint density at radius 2 is 1.25 bits per heavy atom. The van der Waals surface area contributed by atoms with E-state index < -0.39 is 5.41 Å². The molecule has 7 aromatic carbocycles. The molecule has 306 valence electrons. The third kappa shape index (κ3) is 4.96. The normalized spacial score (nSPS) is 16.4. The van der Waals surface area contributed by atoms with Crippen LogP contribution in [0.25, 0.3) is 55.8 Å². The van der Waals surface area contributed by atoms with Gasteiger partial charge in [-0.25, -0.2) is 0 Å². The van der Waals surface area contributed by atoms with E-state index in [9.17, 15) is 0 Å². The molecule has 2 aliphatic carbocycles. The molecule has 10 aromatic rings. The molecule has 65 heavy (non-hydrogen) atoms. The first-order chi connectivity index (χ1) is 32.0. The van der Waals surface area contributed by atoms with Crippen LogP contribution in [0.1, 0.15) is 47.2 Å². The minimum Gasteiger partial charge on any atom is -0.452 e. The highest BCUT2D eigenvalue weighted by atomic mass is 32.2. The topological polar surface area (TPSA) is 64.0 Å². The molecule has 2 aliphatic heterocycles. The van der Waals surface area contributed by atoms with Crippen molar-refractivity contribution < 1.29 is 4.74 Å². The molecular weight excluding hydrogens is 815 g/mol. The smallest absolute Gasteiger partial charge is 0.165 e.